The molecule has 8 heteroatoms. The van der Waals surface area contributed by atoms with Crippen molar-refractivity contribution in [2.45, 2.75) is 6.92 Å². The van der Waals surface area contributed by atoms with Gasteiger partial charge in [0.25, 0.3) is 5.69 Å². The van der Waals surface area contributed by atoms with Crippen LogP contribution in [0, 0.1) is 28.4 Å². The number of non-ortho nitro benzene ring substituents is 1. The largest absolute Gasteiger partial charge is 0.496 e. The number of aromatic nitrogens is 1. The lowest BCUT2D eigenvalue weighted by molar-refractivity contribution is -0.384. The van der Waals surface area contributed by atoms with Gasteiger partial charge in [0.05, 0.1) is 12.0 Å². The lowest BCUT2D eigenvalue weighted by atomic mass is 9.89. The molecule has 0 bridgehead atoms. The summed E-state index contributed by atoms with van der Waals surface area (Å²) in [6, 6.07) is 13.3. The van der Waals surface area contributed by atoms with Crippen molar-refractivity contribution in [1.29, 1.82) is 5.26 Å². The number of hydrogen-bond acceptors (Lipinski definition) is 6. The van der Waals surface area contributed by atoms with E-state index in [0.29, 0.717) is 33.7 Å². The highest BCUT2D eigenvalue weighted by Crippen LogP contribution is 2.44. The first-order chi connectivity index (χ1) is 13.4. The number of pyridine rings is 1. The van der Waals surface area contributed by atoms with Crippen molar-refractivity contribution in [2.75, 3.05) is 12.8 Å². The molecule has 2 N–H and O–H groups in total. The molecule has 0 fully saturated rings. The molecule has 1 heterocycles. The van der Waals surface area contributed by atoms with Crippen molar-refractivity contribution < 1.29 is 9.66 Å². The highest BCUT2D eigenvalue weighted by molar-refractivity contribution is 6.33. The summed E-state index contributed by atoms with van der Waals surface area (Å²) in [5.74, 6) is 0.583. The topological polar surface area (TPSA) is 115 Å². The molecule has 0 amide bonds. The Morgan fingerprint density at radius 2 is 1.93 bits per heavy atom. The Labute approximate surface area is 166 Å². The molecule has 0 radical (unpaired) electrons. The Balaban J connectivity index is 2.50. The highest BCUT2D eigenvalue weighted by Gasteiger charge is 2.24. The van der Waals surface area contributed by atoms with E-state index >= 15 is 0 Å². The molecule has 0 spiro atoms. The number of nitriles is 1. The van der Waals surface area contributed by atoms with Gasteiger partial charge in [-0.05, 0) is 19.1 Å². The molecule has 0 aliphatic heterocycles. The fraction of sp³-hybridized carbons (Fsp3) is 0.100. The van der Waals surface area contributed by atoms with Gasteiger partial charge in [-0.2, -0.15) is 5.26 Å². The molecule has 1 aromatic heterocycles. The van der Waals surface area contributed by atoms with Crippen molar-refractivity contribution in [3.05, 3.63) is 68.9 Å². The molecule has 3 aromatic rings. The van der Waals surface area contributed by atoms with Gasteiger partial charge in [-0.25, -0.2) is 4.98 Å². The summed E-state index contributed by atoms with van der Waals surface area (Å²) >= 11 is 6.38. The SMILES string of the molecule is COc1ccccc1-c1c(C)nc(N)c(C#N)c1-c1cc([N+](=O)[O-])ccc1Cl. The zero-order valence-electron chi connectivity index (χ0n) is 15.1. The van der Waals surface area contributed by atoms with Gasteiger partial charge in [0.2, 0.25) is 0 Å². The van der Waals surface area contributed by atoms with E-state index in [-0.39, 0.29) is 22.1 Å². The van der Waals surface area contributed by atoms with Gasteiger partial charge in [0.15, 0.2) is 0 Å². The van der Waals surface area contributed by atoms with Gasteiger partial charge in [0.1, 0.15) is 23.2 Å². The molecule has 0 saturated heterocycles. The number of para-hydroxylation sites is 1. The van der Waals surface area contributed by atoms with Crippen LogP contribution in [-0.4, -0.2) is 17.0 Å². The first-order valence-electron chi connectivity index (χ1n) is 8.16. The van der Waals surface area contributed by atoms with E-state index in [1.807, 2.05) is 18.2 Å². The third kappa shape index (κ3) is 3.21. The summed E-state index contributed by atoms with van der Waals surface area (Å²) in [4.78, 5) is 15.1. The molecular formula is C20H15ClN4O3. The first kappa shape index (κ1) is 19.1. The molecular weight excluding hydrogens is 380 g/mol. The standard InChI is InChI=1S/C20H15ClN4O3/c1-11-18(13-5-3-4-6-17(13)28-2)19(15(10-22)20(23)24-11)14-9-12(25(26)27)7-8-16(14)21/h3-9H,1-2H3,(H2,23,24). The van der Waals surface area contributed by atoms with Crippen LogP contribution in [0.3, 0.4) is 0 Å². The van der Waals surface area contributed by atoms with Crippen molar-refractivity contribution >= 4 is 23.1 Å². The summed E-state index contributed by atoms with van der Waals surface area (Å²) in [6.07, 6.45) is 0. The van der Waals surface area contributed by atoms with Gasteiger partial charge in [-0.1, -0.05) is 29.8 Å². The van der Waals surface area contributed by atoms with Crippen molar-refractivity contribution in [3.63, 3.8) is 0 Å². The van der Waals surface area contributed by atoms with Crippen LogP contribution in [0.4, 0.5) is 11.5 Å². The maximum absolute atomic E-state index is 11.3. The number of ether oxygens (including phenoxy) is 1. The van der Waals surface area contributed by atoms with E-state index < -0.39 is 4.92 Å². The number of nitrogens with zero attached hydrogens (tertiary/aromatic N) is 3. The summed E-state index contributed by atoms with van der Waals surface area (Å²) < 4.78 is 5.46. The Morgan fingerprint density at radius 3 is 2.57 bits per heavy atom. The number of hydrogen-bond donors (Lipinski definition) is 1. The quantitative estimate of drug-likeness (QED) is 0.504. The number of aryl methyl sites for hydroxylation is 1. The third-order valence-corrected chi connectivity index (χ3v) is 4.65. The van der Waals surface area contributed by atoms with E-state index in [1.165, 1.54) is 25.3 Å². The minimum atomic E-state index is -0.522. The molecule has 140 valence electrons. The second-order valence-electron chi connectivity index (χ2n) is 5.94. The summed E-state index contributed by atoms with van der Waals surface area (Å²) in [7, 11) is 1.53. The van der Waals surface area contributed by atoms with Gasteiger partial charge in [-0.15, -0.1) is 0 Å². The number of nitro groups is 1. The predicted octanol–water partition coefficient (Wildman–Crippen LogP) is 4.75. The minimum Gasteiger partial charge on any atom is -0.496 e. The van der Waals surface area contributed by atoms with Crippen LogP contribution in [0.1, 0.15) is 11.3 Å². The summed E-state index contributed by atoms with van der Waals surface area (Å²) in [5.41, 5.74) is 8.42. The normalized spacial score (nSPS) is 10.4. The fourth-order valence-electron chi connectivity index (χ4n) is 3.11. The van der Waals surface area contributed by atoms with Gasteiger partial charge in [0, 0.05) is 45.1 Å². The Morgan fingerprint density at radius 1 is 1.21 bits per heavy atom. The molecule has 3 rings (SSSR count). The Bertz CT molecular complexity index is 1140. The first-order valence-corrected chi connectivity index (χ1v) is 8.54. The molecule has 7 nitrogen and oxygen atoms in total. The van der Waals surface area contributed by atoms with Crippen LogP contribution in [0.25, 0.3) is 22.3 Å². The molecule has 0 unspecified atom stereocenters. The number of nitrogens with two attached hydrogens (primary N) is 1. The molecule has 0 atom stereocenters. The fourth-order valence-corrected chi connectivity index (χ4v) is 3.32. The average Bonchev–Trinajstić information content (AvgIpc) is 2.67. The highest BCUT2D eigenvalue weighted by atomic mass is 35.5. The molecule has 2 aromatic carbocycles. The second kappa shape index (κ2) is 7.55. The Hall–Kier alpha value is -3.63. The lowest BCUT2D eigenvalue weighted by Crippen LogP contribution is -2.04. The second-order valence-corrected chi connectivity index (χ2v) is 6.35. The van der Waals surface area contributed by atoms with Crippen LogP contribution in [0.5, 0.6) is 5.75 Å². The van der Waals surface area contributed by atoms with Crippen LogP contribution in [0.15, 0.2) is 42.5 Å². The number of methoxy groups -OCH3 is 1. The van der Waals surface area contributed by atoms with E-state index in [9.17, 15) is 15.4 Å². The zero-order chi connectivity index (χ0) is 20.4. The van der Waals surface area contributed by atoms with Gasteiger partial charge >= 0.3 is 0 Å². The predicted molar refractivity (Wildman–Crippen MR) is 107 cm³/mol. The van der Waals surface area contributed by atoms with Gasteiger partial charge in [-0.3, -0.25) is 10.1 Å². The number of nitrogen functional groups attached to an aromatic ring is 1. The van der Waals surface area contributed by atoms with Crippen molar-refractivity contribution in [3.8, 4) is 34.1 Å². The lowest BCUT2D eigenvalue weighted by Gasteiger charge is -2.18. The average molecular weight is 395 g/mol. The van der Waals surface area contributed by atoms with Crippen molar-refractivity contribution in [1.82, 2.24) is 4.98 Å². The maximum Gasteiger partial charge on any atom is 0.270 e. The molecule has 28 heavy (non-hydrogen) atoms. The van der Waals surface area contributed by atoms with Crippen molar-refractivity contribution in [2.24, 2.45) is 0 Å². The van der Waals surface area contributed by atoms with Crippen LogP contribution < -0.4 is 10.5 Å². The van der Waals surface area contributed by atoms with Crippen LogP contribution in [0.2, 0.25) is 5.02 Å². The number of halogens is 1. The molecule has 0 aliphatic carbocycles. The molecule has 0 aliphatic rings. The summed E-state index contributed by atoms with van der Waals surface area (Å²) in [6.45, 7) is 1.74. The minimum absolute atomic E-state index is 0.0243. The smallest absolute Gasteiger partial charge is 0.270 e. The van der Waals surface area contributed by atoms with Gasteiger partial charge < -0.3 is 10.5 Å². The number of nitro benzene ring substituents is 1. The zero-order valence-corrected chi connectivity index (χ0v) is 15.8. The van der Waals surface area contributed by atoms with Crippen LogP contribution >= 0.6 is 11.6 Å². The van der Waals surface area contributed by atoms with E-state index in [2.05, 4.69) is 11.1 Å². The Kier molecular flexibility index (Phi) is 5.16. The monoisotopic (exact) mass is 394 g/mol. The van der Waals surface area contributed by atoms with E-state index in [4.69, 9.17) is 22.1 Å². The van der Waals surface area contributed by atoms with Crippen LogP contribution in [-0.2, 0) is 0 Å². The number of benzene rings is 2. The number of rotatable bonds is 4. The van der Waals surface area contributed by atoms with E-state index in [1.54, 1.807) is 13.0 Å². The molecule has 0 saturated carbocycles. The maximum atomic E-state index is 11.3. The van der Waals surface area contributed by atoms with E-state index in [0.717, 1.165) is 0 Å². The number of anilines is 1. The summed E-state index contributed by atoms with van der Waals surface area (Å²) in [5, 5.41) is 21.3. The third-order valence-electron chi connectivity index (χ3n) is 4.32.